The van der Waals surface area contributed by atoms with Crippen LogP contribution < -0.4 is 9.47 Å². The maximum absolute atomic E-state index is 12.1. The van der Waals surface area contributed by atoms with Crippen molar-refractivity contribution in [2.45, 2.75) is 0 Å². The van der Waals surface area contributed by atoms with E-state index in [2.05, 4.69) is 4.99 Å². The molecular formula is C18H14N2O6. The topological polar surface area (TPSA) is 100 Å². The summed E-state index contributed by atoms with van der Waals surface area (Å²) in [6.07, 6.45) is 1.51. The average molecular weight is 354 g/mol. The van der Waals surface area contributed by atoms with Crippen LogP contribution in [0.15, 0.2) is 53.2 Å². The van der Waals surface area contributed by atoms with E-state index in [4.69, 9.17) is 14.2 Å². The van der Waals surface area contributed by atoms with Crippen molar-refractivity contribution in [1.29, 1.82) is 0 Å². The molecule has 0 spiro atoms. The number of hydrogen-bond donors (Lipinski definition) is 0. The Morgan fingerprint density at radius 3 is 2.65 bits per heavy atom. The van der Waals surface area contributed by atoms with E-state index in [9.17, 15) is 14.9 Å². The zero-order chi connectivity index (χ0) is 18.7. The Kier molecular flexibility index (Phi) is 4.66. The zero-order valence-electron chi connectivity index (χ0n) is 14.0. The van der Waals surface area contributed by atoms with E-state index in [0.29, 0.717) is 22.6 Å². The van der Waals surface area contributed by atoms with Crippen LogP contribution in [0.25, 0.3) is 6.08 Å². The van der Waals surface area contributed by atoms with E-state index >= 15 is 0 Å². The predicted molar refractivity (Wildman–Crippen MR) is 93.2 cm³/mol. The first kappa shape index (κ1) is 17.2. The van der Waals surface area contributed by atoms with Crippen LogP contribution in [0.4, 0.5) is 5.69 Å². The van der Waals surface area contributed by atoms with E-state index in [1.165, 1.54) is 38.5 Å². The molecule has 0 aromatic heterocycles. The second-order valence-electron chi connectivity index (χ2n) is 5.25. The van der Waals surface area contributed by atoms with E-state index in [1.54, 1.807) is 24.3 Å². The molecule has 0 radical (unpaired) electrons. The van der Waals surface area contributed by atoms with Gasteiger partial charge in [0.25, 0.3) is 5.69 Å². The number of nitrogens with zero attached hydrogens (tertiary/aromatic N) is 2. The molecule has 0 fully saturated rings. The highest BCUT2D eigenvalue weighted by atomic mass is 16.6. The van der Waals surface area contributed by atoms with Gasteiger partial charge in [-0.25, -0.2) is 9.79 Å². The summed E-state index contributed by atoms with van der Waals surface area (Å²) in [4.78, 5) is 26.6. The Bertz CT molecular complexity index is 948. The Hall–Kier alpha value is -3.68. The monoisotopic (exact) mass is 354 g/mol. The number of aliphatic imine (C=N–C) groups is 1. The van der Waals surface area contributed by atoms with Gasteiger partial charge in [0.15, 0.2) is 5.70 Å². The number of nitro groups is 1. The number of cyclic esters (lactones) is 1. The molecule has 1 heterocycles. The van der Waals surface area contributed by atoms with Crippen molar-refractivity contribution in [2.24, 2.45) is 4.99 Å². The minimum absolute atomic E-state index is 0.00631. The summed E-state index contributed by atoms with van der Waals surface area (Å²) < 4.78 is 15.6. The molecule has 1 aliphatic heterocycles. The SMILES string of the molecule is COc1ccc(OC)c(C=C2N=C(c3cccc([N+](=O)[O-])c3)OC2=O)c1. The normalized spacial score (nSPS) is 14.8. The van der Waals surface area contributed by atoms with Gasteiger partial charge in [-0.3, -0.25) is 10.1 Å². The Morgan fingerprint density at radius 2 is 1.96 bits per heavy atom. The molecule has 1 aliphatic rings. The molecule has 2 aromatic rings. The Morgan fingerprint density at radius 1 is 1.15 bits per heavy atom. The van der Waals surface area contributed by atoms with Crippen molar-refractivity contribution in [3.63, 3.8) is 0 Å². The molecule has 2 aromatic carbocycles. The smallest absolute Gasteiger partial charge is 0.363 e. The maximum atomic E-state index is 12.1. The van der Waals surface area contributed by atoms with Crippen molar-refractivity contribution in [3.8, 4) is 11.5 Å². The van der Waals surface area contributed by atoms with Gasteiger partial charge >= 0.3 is 5.97 Å². The third-order valence-corrected chi connectivity index (χ3v) is 3.65. The summed E-state index contributed by atoms with van der Waals surface area (Å²) >= 11 is 0. The van der Waals surface area contributed by atoms with Gasteiger partial charge in [-0.2, -0.15) is 0 Å². The predicted octanol–water partition coefficient (Wildman–Crippen LogP) is 2.96. The maximum Gasteiger partial charge on any atom is 0.363 e. The van der Waals surface area contributed by atoms with Crippen molar-refractivity contribution < 1.29 is 23.9 Å². The molecule has 0 atom stereocenters. The van der Waals surface area contributed by atoms with Crippen molar-refractivity contribution in [1.82, 2.24) is 0 Å². The van der Waals surface area contributed by atoms with Crippen LogP contribution in [0, 0.1) is 10.1 Å². The number of rotatable bonds is 5. The fourth-order valence-corrected chi connectivity index (χ4v) is 2.38. The first-order valence-corrected chi connectivity index (χ1v) is 7.51. The van der Waals surface area contributed by atoms with Crippen LogP contribution in [0.5, 0.6) is 11.5 Å². The first-order chi connectivity index (χ1) is 12.5. The number of ether oxygens (including phenoxy) is 3. The van der Waals surface area contributed by atoms with Crippen molar-refractivity contribution in [2.75, 3.05) is 14.2 Å². The molecule has 0 unspecified atom stereocenters. The summed E-state index contributed by atoms with van der Waals surface area (Å²) in [5.41, 5.74) is 0.864. The number of hydrogen-bond acceptors (Lipinski definition) is 7. The van der Waals surface area contributed by atoms with E-state index in [0.717, 1.165) is 0 Å². The molecule has 8 nitrogen and oxygen atoms in total. The van der Waals surface area contributed by atoms with Gasteiger partial charge in [-0.15, -0.1) is 0 Å². The van der Waals surface area contributed by atoms with Crippen LogP contribution in [0.2, 0.25) is 0 Å². The lowest BCUT2D eigenvalue weighted by molar-refractivity contribution is -0.384. The highest BCUT2D eigenvalue weighted by Gasteiger charge is 2.25. The Labute approximate surface area is 148 Å². The van der Waals surface area contributed by atoms with Crippen LogP contribution in [-0.2, 0) is 9.53 Å². The summed E-state index contributed by atoms with van der Waals surface area (Å²) in [6.45, 7) is 0. The van der Waals surface area contributed by atoms with Crippen molar-refractivity contribution in [3.05, 3.63) is 69.4 Å². The highest BCUT2D eigenvalue weighted by molar-refractivity contribution is 6.13. The third-order valence-electron chi connectivity index (χ3n) is 3.65. The number of methoxy groups -OCH3 is 2. The lowest BCUT2D eigenvalue weighted by Gasteiger charge is -2.07. The average Bonchev–Trinajstić information content (AvgIpc) is 3.02. The van der Waals surface area contributed by atoms with E-state index < -0.39 is 10.9 Å². The van der Waals surface area contributed by atoms with Gasteiger partial charge in [0.05, 0.1) is 19.1 Å². The molecule has 3 rings (SSSR count). The largest absolute Gasteiger partial charge is 0.497 e. The molecule has 26 heavy (non-hydrogen) atoms. The molecule has 0 aliphatic carbocycles. The number of esters is 1. The molecule has 8 heteroatoms. The standard InChI is InChI=1S/C18H14N2O6/c1-24-14-6-7-16(25-2)12(9-14)10-15-18(21)26-17(19-15)11-4-3-5-13(8-11)20(22)23/h3-10H,1-2H3. The molecule has 0 saturated heterocycles. The fraction of sp³-hybridized carbons (Fsp3) is 0.111. The second-order valence-corrected chi connectivity index (χ2v) is 5.25. The number of carbonyl (C=O) groups excluding carboxylic acids is 1. The van der Waals surface area contributed by atoms with Crippen LogP contribution in [0.3, 0.4) is 0 Å². The Balaban J connectivity index is 1.99. The van der Waals surface area contributed by atoms with Gasteiger partial charge in [-0.05, 0) is 30.3 Å². The molecule has 0 N–H and O–H groups in total. The number of non-ortho nitro benzene ring substituents is 1. The van der Waals surface area contributed by atoms with Gasteiger partial charge < -0.3 is 14.2 Å². The minimum Gasteiger partial charge on any atom is -0.497 e. The number of nitro benzene ring substituents is 1. The molecule has 0 bridgehead atoms. The van der Waals surface area contributed by atoms with Crippen molar-refractivity contribution >= 4 is 23.6 Å². The van der Waals surface area contributed by atoms with E-state index in [1.807, 2.05) is 0 Å². The molecule has 132 valence electrons. The van der Waals surface area contributed by atoms with Gasteiger partial charge in [-0.1, -0.05) is 6.07 Å². The minimum atomic E-state index is -0.656. The van der Waals surface area contributed by atoms with Gasteiger partial charge in [0.2, 0.25) is 5.90 Å². The van der Waals surface area contributed by atoms with Crippen LogP contribution in [-0.4, -0.2) is 31.0 Å². The van der Waals surface area contributed by atoms with E-state index in [-0.39, 0.29) is 17.3 Å². The number of benzene rings is 2. The fourth-order valence-electron chi connectivity index (χ4n) is 2.38. The number of carbonyl (C=O) groups is 1. The first-order valence-electron chi connectivity index (χ1n) is 7.51. The lowest BCUT2D eigenvalue weighted by atomic mass is 10.1. The lowest BCUT2D eigenvalue weighted by Crippen LogP contribution is -2.05. The second kappa shape index (κ2) is 7.06. The summed E-state index contributed by atoms with van der Waals surface area (Å²) in [6, 6.07) is 10.8. The van der Waals surface area contributed by atoms with Gasteiger partial charge in [0.1, 0.15) is 11.5 Å². The highest BCUT2D eigenvalue weighted by Crippen LogP contribution is 2.28. The molecule has 0 saturated carbocycles. The summed E-state index contributed by atoms with van der Waals surface area (Å²) in [5.74, 6) is 0.472. The van der Waals surface area contributed by atoms with Crippen LogP contribution in [0.1, 0.15) is 11.1 Å². The summed E-state index contributed by atoms with van der Waals surface area (Å²) in [7, 11) is 3.04. The molecular weight excluding hydrogens is 340 g/mol. The quantitative estimate of drug-likeness (QED) is 0.354. The molecule has 0 amide bonds. The van der Waals surface area contributed by atoms with Crippen LogP contribution >= 0.6 is 0 Å². The summed E-state index contributed by atoms with van der Waals surface area (Å²) in [5, 5.41) is 10.9. The zero-order valence-corrected chi connectivity index (χ0v) is 14.0. The third kappa shape index (κ3) is 3.39. The van der Waals surface area contributed by atoms with Gasteiger partial charge in [0, 0.05) is 23.3 Å².